The van der Waals surface area contributed by atoms with Gasteiger partial charge in [-0.25, -0.2) is 0 Å². The Labute approximate surface area is 168 Å². The number of aryl methyl sites for hydroxylation is 1. The summed E-state index contributed by atoms with van der Waals surface area (Å²) in [6.45, 7) is 8.66. The highest BCUT2D eigenvalue weighted by atomic mass is 32.1. The van der Waals surface area contributed by atoms with Crippen LogP contribution in [0.1, 0.15) is 31.9 Å². The lowest BCUT2D eigenvalue weighted by molar-refractivity contribution is 0.591. The highest BCUT2D eigenvalue weighted by Gasteiger charge is 2.16. The Bertz CT molecular complexity index is 1470. The molecule has 28 heavy (non-hydrogen) atoms. The van der Waals surface area contributed by atoms with E-state index in [-0.39, 0.29) is 10.8 Å². The topological polar surface area (TPSA) is 17.1 Å². The molecule has 0 aliphatic carbocycles. The average Bonchev–Trinajstić information content (AvgIpc) is 2.64. The summed E-state index contributed by atoms with van der Waals surface area (Å²) in [5.41, 5.74) is 2.62. The van der Waals surface area contributed by atoms with Gasteiger partial charge in [0, 0.05) is 20.2 Å². The van der Waals surface area contributed by atoms with Crippen molar-refractivity contribution in [2.45, 2.75) is 33.1 Å². The smallest absolute Gasteiger partial charge is 0.195 e. The molecule has 0 fully saturated rings. The fraction of sp³-hybridized carbons (Fsp3) is 0.192. The minimum Gasteiger partial charge on any atom is -0.289 e. The van der Waals surface area contributed by atoms with Crippen molar-refractivity contribution in [3.63, 3.8) is 0 Å². The van der Waals surface area contributed by atoms with Gasteiger partial charge in [-0.3, -0.25) is 4.79 Å². The molecular weight excluding hydrogens is 360 g/mol. The lowest BCUT2D eigenvalue weighted by atomic mass is 9.86. The number of benzene rings is 4. The van der Waals surface area contributed by atoms with E-state index in [0.29, 0.717) is 0 Å². The van der Waals surface area contributed by atoms with Gasteiger partial charge >= 0.3 is 0 Å². The van der Waals surface area contributed by atoms with Crippen molar-refractivity contribution < 1.29 is 0 Å². The summed E-state index contributed by atoms with van der Waals surface area (Å²) in [7, 11) is 0. The van der Waals surface area contributed by atoms with Gasteiger partial charge in [-0.05, 0) is 75.8 Å². The summed E-state index contributed by atoms with van der Waals surface area (Å²) < 4.78 is 2.11. The lowest BCUT2D eigenvalue weighted by Crippen LogP contribution is -2.12. The van der Waals surface area contributed by atoms with Gasteiger partial charge in [-0.2, -0.15) is 0 Å². The molecule has 1 aromatic heterocycles. The van der Waals surface area contributed by atoms with Gasteiger partial charge in [0.05, 0.1) is 0 Å². The van der Waals surface area contributed by atoms with Crippen LogP contribution in [0.2, 0.25) is 0 Å². The van der Waals surface area contributed by atoms with Gasteiger partial charge < -0.3 is 0 Å². The van der Waals surface area contributed by atoms with E-state index in [2.05, 4.69) is 88.4 Å². The van der Waals surface area contributed by atoms with Crippen LogP contribution in [0.25, 0.3) is 41.7 Å². The summed E-state index contributed by atoms with van der Waals surface area (Å²) in [6, 6.07) is 21.6. The van der Waals surface area contributed by atoms with Crippen LogP contribution in [-0.4, -0.2) is 0 Å². The van der Waals surface area contributed by atoms with Crippen LogP contribution in [0.15, 0.2) is 65.5 Å². The summed E-state index contributed by atoms with van der Waals surface area (Å²) in [5, 5.41) is 6.43. The first-order valence-electron chi connectivity index (χ1n) is 9.65. The zero-order chi connectivity index (χ0) is 19.6. The first kappa shape index (κ1) is 17.4. The third-order valence-corrected chi connectivity index (χ3v) is 6.74. The predicted octanol–water partition coefficient (Wildman–Crippen LogP) is 7.33. The minimum atomic E-state index is 0.0282. The number of rotatable bonds is 0. The van der Waals surface area contributed by atoms with Crippen molar-refractivity contribution in [1.82, 2.24) is 0 Å². The molecule has 0 aliphatic heterocycles. The molecule has 1 heterocycles. The van der Waals surface area contributed by atoms with E-state index < -0.39 is 0 Å². The minimum absolute atomic E-state index is 0.0282. The van der Waals surface area contributed by atoms with Crippen molar-refractivity contribution in [2.24, 2.45) is 0 Å². The molecule has 138 valence electrons. The van der Waals surface area contributed by atoms with Crippen LogP contribution in [0.4, 0.5) is 0 Å². The molecule has 0 saturated heterocycles. The summed E-state index contributed by atoms with van der Waals surface area (Å²) in [4.78, 5) is 13.3. The SMILES string of the molecule is Cc1ccc2cc3cc4sc5ccc(C(C)(C)C)cc5c(=O)c4cc3cc2c1. The zero-order valence-electron chi connectivity index (χ0n) is 16.6. The fourth-order valence-electron chi connectivity index (χ4n) is 3.94. The zero-order valence-corrected chi connectivity index (χ0v) is 17.4. The quantitative estimate of drug-likeness (QED) is 0.256. The normalized spacial score (nSPS) is 12.4. The van der Waals surface area contributed by atoms with E-state index in [1.54, 1.807) is 11.3 Å². The maximum atomic E-state index is 13.3. The second-order valence-electron chi connectivity index (χ2n) is 8.79. The largest absolute Gasteiger partial charge is 0.289 e. The Morgan fingerprint density at radius 2 is 1.36 bits per heavy atom. The Morgan fingerprint density at radius 3 is 2.14 bits per heavy atom. The number of hydrogen-bond donors (Lipinski definition) is 0. The van der Waals surface area contributed by atoms with Gasteiger partial charge in [0.1, 0.15) is 0 Å². The van der Waals surface area contributed by atoms with Gasteiger partial charge in [-0.1, -0.05) is 50.6 Å². The molecule has 0 saturated carbocycles. The maximum Gasteiger partial charge on any atom is 0.195 e. The summed E-state index contributed by atoms with van der Waals surface area (Å²) in [5.74, 6) is 0. The highest BCUT2D eigenvalue weighted by molar-refractivity contribution is 7.24. The highest BCUT2D eigenvalue weighted by Crippen LogP contribution is 2.33. The van der Waals surface area contributed by atoms with Crippen molar-refractivity contribution >= 4 is 53.1 Å². The molecule has 0 unspecified atom stereocenters. The molecule has 1 nitrogen and oxygen atoms in total. The van der Waals surface area contributed by atoms with Gasteiger partial charge in [0.2, 0.25) is 0 Å². The molecule has 0 radical (unpaired) electrons. The van der Waals surface area contributed by atoms with E-state index in [1.807, 2.05) is 0 Å². The first-order valence-corrected chi connectivity index (χ1v) is 10.5. The Balaban J connectivity index is 1.86. The predicted molar refractivity (Wildman–Crippen MR) is 124 cm³/mol. The van der Waals surface area contributed by atoms with Crippen molar-refractivity contribution in [3.05, 3.63) is 82.0 Å². The molecule has 5 aromatic rings. The maximum absolute atomic E-state index is 13.3. The fourth-order valence-corrected chi connectivity index (χ4v) is 5.02. The molecule has 0 bridgehead atoms. The van der Waals surface area contributed by atoms with Gasteiger partial charge in [-0.15, -0.1) is 11.3 Å². The Hall–Kier alpha value is -2.71. The first-order chi connectivity index (χ1) is 13.3. The van der Waals surface area contributed by atoms with Crippen LogP contribution in [0.3, 0.4) is 0 Å². The van der Waals surface area contributed by atoms with Crippen LogP contribution in [0.5, 0.6) is 0 Å². The molecule has 0 N–H and O–H groups in total. The van der Waals surface area contributed by atoms with E-state index in [9.17, 15) is 4.79 Å². The molecule has 0 atom stereocenters. The molecule has 0 amide bonds. The summed E-state index contributed by atoms with van der Waals surface area (Å²) in [6.07, 6.45) is 0. The molecule has 0 aliphatic rings. The second-order valence-corrected chi connectivity index (χ2v) is 9.87. The lowest BCUT2D eigenvalue weighted by Gasteiger charge is -2.19. The third-order valence-electron chi connectivity index (χ3n) is 5.60. The second kappa shape index (κ2) is 5.89. The molecule has 4 aromatic carbocycles. The van der Waals surface area contributed by atoms with Crippen molar-refractivity contribution in [1.29, 1.82) is 0 Å². The van der Waals surface area contributed by atoms with Gasteiger partial charge in [0.25, 0.3) is 0 Å². The molecule has 0 spiro atoms. The monoisotopic (exact) mass is 382 g/mol. The van der Waals surface area contributed by atoms with E-state index >= 15 is 0 Å². The summed E-state index contributed by atoms with van der Waals surface area (Å²) >= 11 is 1.71. The Morgan fingerprint density at radius 1 is 0.679 bits per heavy atom. The van der Waals surface area contributed by atoms with Crippen LogP contribution in [0, 0.1) is 6.92 Å². The van der Waals surface area contributed by atoms with Crippen LogP contribution in [-0.2, 0) is 5.41 Å². The molecular formula is C26H22OS. The van der Waals surface area contributed by atoms with E-state index in [0.717, 1.165) is 25.6 Å². The molecule has 2 heteroatoms. The van der Waals surface area contributed by atoms with Crippen molar-refractivity contribution in [2.75, 3.05) is 0 Å². The van der Waals surface area contributed by atoms with Crippen molar-refractivity contribution in [3.8, 4) is 0 Å². The molecule has 5 rings (SSSR count). The number of fused-ring (bicyclic) bond motifs is 4. The number of hydrogen-bond acceptors (Lipinski definition) is 2. The van der Waals surface area contributed by atoms with Crippen LogP contribution >= 0.6 is 11.3 Å². The average molecular weight is 383 g/mol. The Kier molecular flexibility index (Phi) is 3.66. The van der Waals surface area contributed by atoms with E-state index in [1.165, 1.54) is 27.3 Å². The van der Waals surface area contributed by atoms with E-state index in [4.69, 9.17) is 0 Å². The standard InChI is InChI=1S/C26H22OS/c1-15-5-6-16-10-19-13-24-21(12-18(19)11-17(16)9-15)25(27)22-14-20(26(2,3)4)7-8-23(22)28-24/h5-14H,1-4H3. The van der Waals surface area contributed by atoms with Crippen LogP contribution < -0.4 is 5.43 Å². The third kappa shape index (κ3) is 2.71. The van der Waals surface area contributed by atoms with Gasteiger partial charge in [0.15, 0.2) is 5.43 Å².